The Morgan fingerprint density at radius 2 is 2.00 bits per heavy atom. The van der Waals surface area contributed by atoms with Gasteiger partial charge in [0.1, 0.15) is 5.69 Å². The normalized spacial score (nSPS) is 12.2. The number of rotatable bonds is 4. The smallest absolute Gasteiger partial charge is 0.273 e. The van der Waals surface area contributed by atoms with Crippen molar-refractivity contribution in [3.63, 3.8) is 0 Å². The molecule has 0 radical (unpaired) electrons. The highest BCUT2D eigenvalue weighted by Gasteiger charge is 2.13. The third-order valence-corrected chi connectivity index (χ3v) is 3.81. The van der Waals surface area contributed by atoms with Gasteiger partial charge < -0.3 is 5.32 Å². The number of benzene rings is 1. The minimum atomic E-state index is -1.01. The topological polar surface area (TPSA) is 64.0 Å². The Hall–Kier alpha value is -1.95. The van der Waals surface area contributed by atoms with Crippen molar-refractivity contribution in [3.05, 3.63) is 41.7 Å². The number of nitrogens with one attached hydrogen (secondary N) is 1. The third-order valence-electron chi connectivity index (χ3n) is 2.88. The monoisotopic (exact) mass is 291 g/mol. The maximum atomic E-state index is 12.2. The minimum Gasteiger partial charge on any atom is -0.321 e. The number of hydrogen-bond donors (Lipinski definition) is 1. The van der Waals surface area contributed by atoms with Gasteiger partial charge in [-0.1, -0.05) is 0 Å². The lowest BCUT2D eigenvalue weighted by Crippen LogP contribution is -2.17. The van der Waals surface area contributed by atoms with Crippen LogP contribution in [-0.4, -0.2) is 26.2 Å². The summed E-state index contributed by atoms with van der Waals surface area (Å²) in [7, 11) is -1.01. The van der Waals surface area contributed by atoms with Crippen molar-refractivity contribution in [2.24, 2.45) is 0 Å². The van der Waals surface area contributed by atoms with E-state index in [0.717, 1.165) is 10.6 Å². The highest BCUT2D eigenvalue weighted by molar-refractivity contribution is 7.84. The SMILES string of the molecule is CCn1nc(C)cc1C(=O)Nc1ccc([S@](C)=O)cc1. The van der Waals surface area contributed by atoms with Crippen LogP contribution >= 0.6 is 0 Å². The van der Waals surface area contributed by atoms with Crippen LogP contribution in [0, 0.1) is 6.92 Å². The average Bonchev–Trinajstić information content (AvgIpc) is 2.80. The molecule has 0 aliphatic heterocycles. The molecule has 1 aromatic carbocycles. The molecule has 0 fully saturated rings. The van der Waals surface area contributed by atoms with Gasteiger partial charge in [0.2, 0.25) is 0 Å². The zero-order valence-electron chi connectivity index (χ0n) is 11.7. The van der Waals surface area contributed by atoms with Gasteiger partial charge in [0.05, 0.1) is 5.69 Å². The first kappa shape index (κ1) is 14.5. The summed E-state index contributed by atoms with van der Waals surface area (Å²) in [5.74, 6) is -0.196. The zero-order valence-corrected chi connectivity index (χ0v) is 12.5. The molecule has 0 unspecified atom stereocenters. The van der Waals surface area contributed by atoms with Gasteiger partial charge in [-0.25, -0.2) is 0 Å². The molecule has 0 aliphatic rings. The van der Waals surface area contributed by atoms with Crippen molar-refractivity contribution in [1.82, 2.24) is 9.78 Å². The van der Waals surface area contributed by atoms with Crippen LogP contribution < -0.4 is 5.32 Å². The molecule has 1 amide bonds. The molecule has 0 spiro atoms. The molecular formula is C14H17N3O2S. The third kappa shape index (κ3) is 3.14. The molecule has 0 bridgehead atoms. The highest BCUT2D eigenvalue weighted by Crippen LogP contribution is 2.14. The second-order valence-electron chi connectivity index (χ2n) is 4.42. The lowest BCUT2D eigenvalue weighted by atomic mass is 10.3. The van der Waals surface area contributed by atoms with E-state index in [0.29, 0.717) is 17.9 Å². The van der Waals surface area contributed by atoms with Crippen LogP contribution in [0.5, 0.6) is 0 Å². The van der Waals surface area contributed by atoms with Crippen LogP contribution in [-0.2, 0) is 17.3 Å². The lowest BCUT2D eigenvalue weighted by Gasteiger charge is -2.07. The number of hydrogen-bond acceptors (Lipinski definition) is 3. The molecule has 0 aliphatic carbocycles. The molecule has 6 heteroatoms. The first-order chi connectivity index (χ1) is 9.51. The van der Waals surface area contributed by atoms with Crippen molar-refractivity contribution < 1.29 is 9.00 Å². The molecule has 0 saturated carbocycles. The van der Waals surface area contributed by atoms with Gasteiger partial charge in [0.25, 0.3) is 5.91 Å². The van der Waals surface area contributed by atoms with Crippen LogP contribution in [0.2, 0.25) is 0 Å². The number of carbonyl (C=O) groups excluding carboxylic acids is 1. The van der Waals surface area contributed by atoms with Crippen molar-refractivity contribution in [1.29, 1.82) is 0 Å². The summed E-state index contributed by atoms with van der Waals surface area (Å²) in [5.41, 5.74) is 2.02. The molecule has 0 saturated heterocycles. The molecule has 2 rings (SSSR count). The predicted molar refractivity (Wildman–Crippen MR) is 79.4 cm³/mol. The summed E-state index contributed by atoms with van der Waals surface area (Å²) < 4.78 is 13.0. The van der Waals surface area contributed by atoms with E-state index < -0.39 is 10.8 Å². The van der Waals surface area contributed by atoms with E-state index in [-0.39, 0.29) is 5.91 Å². The zero-order chi connectivity index (χ0) is 14.7. The first-order valence-electron chi connectivity index (χ1n) is 6.30. The number of carbonyl (C=O) groups is 1. The van der Waals surface area contributed by atoms with Crippen molar-refractivity contribution in [2.75, 3.05) is 11.6 Å². The van der Waals surface area contributed by atoms with Crippen molar-refractivity contribution in [3.8, 4) is 0 Å². The lowest BCUT2D eigenvalue weighted by molar-refractivity contribution is 0.101. The van der Waals surface area contributed by atoms with Crippen LogP contribution in [0.1, 0.15) is 23.1 Å². The Bertz CT molecular complexity index is 647. The molecule has 1 heterocycles. The molecule has 1 N–H and O–H groups in total. The van der Waals surface area contributed by atoms with E-state index >= 15 is 0 Å². The second kappa shape index (κ2) is 6.00. The summed E-state index contributed by atoms with van der Waals surface area (Å²) in [4.78, 5) is 12.9. The van der Waals surface area contributed by atoms with Crippen molar-refractivity contribution >= 4 is 22.4 Å². The van der Waals surface area contributed by atoms with Crippen LogP contribution in [0.4, 0.5) is 5.69 Å². The number of aryl methyl sites for hydroxylation is 2. The number of aromatic nitrogens is 2. The van der Waals surface area contributed by atoms with E-state index in [2.05, 4.69) is 10.4 Å². The largest absolute Gasteiger partial charge is 0.321 e. The highest BCUT2D eigenvalue weighted by atomic mass is 32.2. The molecule has 106 valence electrons. The fraction of sp³-hybridized carbons (Fsp3) is 0.286. The first-order valence-corrected chi connectivity index (χ1v) is 7.86. The summed E-state index contributed by atoms with van der Waals surface area (Å²) in [6.45, 7) is 4.44. The van der Waals surface area contributed by atoms with Gasteiger partial charge >= 0.3 is 0 Å². The summed E-state index contributed by atoms with van der Waals surface area (Å²) in [5, 5.41) is 7.06. The fourth-order valence-electron chi connectivity index (χ4n) is 1.89. The van der Waals surface area contributed by atoms with E-state index in [1.165, 1.54) is 0 Å². The molecule has 5 nitrogen and oxygen atoms in total. The Morgan fingerprint density at radius 1 is 1.35 bits per heavy atom. The van der Waals surface area contributed by atoms with Gasteiger partial charge in [-0.2, -0.15) is 5.10 Å². The van der Waals surface area contributed by atoms with Crippen LogP contribution in [0.15, 0.2) is 35.2 Å². The summed E-state index contributed by atoms with van der Waals surface area (Å²) in [6, 6.07) is 8.73. The van der Waals surface area contributed by atoms with E-state index in [4.69, 9.17) is 0 Å². The summed E-state index contributed by atoms with van der Waals surface area (Å²) >= 11 is 0. The number of anilines is 1. The quantitative estimate of drug-likeness (QED) is 0.939. The van der Waals surface area contributed by atoms with E-state index in [9.17, 15) is 9.00 Å². The second-order valence-corrected chi connectivity index (χ2v) is 5.80. The van der Waals surface area contributed by atoms with Gasteiger partial charge in [0, 0.05) is 34.2 Å². The van der Waals surface area contributed by atoms with Gasteiger partial charge in [-0.05, 0) is 44.2 Å². The molecule has 2 aromatic rings. The van der Waals surface area contributed by atoms with Crippen LogP contribution in [0.3, 0.4) is 0 Å². The van der Waals surface area contributed by atoms with Gasteiger partial charge in [0.15, 0.2) is 0 Å². The predicted octanol–water partition coefficient (Wildman–Crippen LogP) is 2.20. The Morgan fingerprint density at radius 3 is 2.55 bits per heavy atom. The van der Waals surface area contributed by atoms with Gasteiger partial charge in [-0.3, -0.25) is 13.7 Å². The molecule has 20 heavy (non-hydrogen) atoms. The standard InChI is InChI=1S/C14H17N3O2S/c1-4-17-13(9-10(2)16-17)14(18)15-11-5-7-12(8-6-11)20(3)19/h5-9H,4H2,1-3H3,(H,15,18)/t20-/m0/s1. The minimum absolute atomic E-state index is 0.196. The number of amides is 1. The molecule has 1 aromatic heterocycles. The van der Waals surface area contributed by atoms with Crippen molar-refractivity contribution in [2.45, 2.75) is 25.3 Å². The van der Waals surface area contributed by atoms with Crippen LogP contribution in [0.25, 0.3) is 0 Å². The van der Waals surface area contributed by atoms with E-state index in [1.807, 2.05) is 13.8 Å². The Labute approximate surface area is 120 Å². The Balaban J connectivity index is 2.16. The molecule has 1 atom stereocenters. The van der Waals surface area contributed by atoms with Gasteiger partial charge in [-0.15, -0.1) is 0 Å². The number of nitrogens with zero attached hydrogens (tertiary/aromatic N) is 2. The summed E-state index contributed by atoms with van der Waals surface area (Å²) in [6.07, 6.45) is 1.62. The maximum Gasteiger partial charge on any atom is 0.273 e. The average molecular weight is 291 g/mol. The Kier molecular flexibility index (Phi) is 4.34. The molecular weight excluding hydrogens is 274 g/mol. The fourth-order valence-corrected chi connectivity index (χ4v) is 2.41. The van der Waals surface area contributed by atoms with E-state index in [1.54, 1.807) is 41.3 Å². The maximum absolute atomic E-state index is 12.2.